The summed E-state index contributed by atoms with van der Waals surface area (Å²) in [4.78, 5) is 13.1. The maximum absolute atomic E-state index is 13.1. The van der Waals surface area contributed by atoms with Crippen LogP contribution < -0.4 is 5.32 Å². The number of carbonyl (C=O) groups excluding carboxylic acids is 1. The Morgan fingerprint density at radius 1 is 0.556 bits per heavy atom. The van der Waals surface area contributed by atoms with Gasteiger partial charge >= 0.3 is 0 Å². The van der Waals surface area contributed by atoms with Crippen molar-refractivity contribution in [1.29, 1.82) is 0 Å². The van der Waals surface area contributed by atoms with Gasteiger partial charge in [-0.3, -0.25) is 4.79 Å². The molecule has 0 spiro atoms. The second kappa shape index (κ2) is 41.3. The van der Waals surface area contributed by atoms with E-state index in [1.165, 1.54) is 70.6 Å². The number of nitrogens with one attached hydrogen (secondary N) is 1. The van der Waals surface area contributed by atoms with Crippen molar-refractivity contribution in [1.82, 2.24) is 5.32 Å². The fourth-order valence-corrected chi connectivity index (χ4v) is 7.56. The van der Waals surface area contributed by atoms with E-state index >= 15 is 0 Å². The molecular weight excluding hydrogens is 799 g/mol. The van der Waals surface area contributed by atoms with Crippen LogP contribution in [0.3, 0.4) is 0 Å². The van der Waals surface area contributed by atoms with Crippen LogP contribution in [0.4, 0.5) is 0 Å². The van der Waals surface area contributed by atoms with Crippen molar-refractivity contribution in [2.45, 2.75) is 249 Å². The molecule has 0 aromatic rings. The third-order valence-corrected chi connectivity index (χ3v) is 11.7. The lowest BCUT2D eigenvalue weighted by Gasteiger charge is -2.40. The van der Waals surface area contributed by atoms with E-state index in [1.807, 2.05) is 0 Å². The Kier molecular flexibility index (Phi) is 38.5. The Balaban J connectivity index is 2.47. The fraction of sp³-hybridized carbons (Fsp3) is 0.788. The number of amides is 1. The number of aliphatic hydroxyl groups excluding tert-OH is 7. The minimum absolute atomic E-state index is 0.234. The number of hydrogen-bond acceptors (Lipinski definition) is 10. The van der Waals surface area contributed by atoms with Crippen molar-refractivity contribution in [2.24, 2.45) is 0 Å². The zero-order valence-electron chi connectivity index (χ0n) is 39.5. The van der Waals surface area contributed by atoms with Crippen LogP contribution in [-0.2, 0) is 14.3 Å². The second-order valence-corrected chi connectivity index (χ2v) is 17.5. The van der Waals surface area contributed by atoms with Gasteiger partial charge in [0.2, 0.25) is 5.91 Å². The van der Waals surface area contributed by atoms with Gasteiger partial charge in [0.05, 0.1) is 25.4 Å². The second-order valence-electron chi connectivity index (χ2n) is 17.5. The van der Waals surface area contributed by atoms with Crippen molar-refractivity contribution < 1.29 is 50.0 Å². The molecule has 1 rings (SSSR count). The summed E-state index contributed by atoms with van der Waals surface area (Å²) in [5, 5.41) is 75.8. The highest BCUT2D eigenvalue weighted by Gasteiger charge is 2.44. The van der Waals surface area contributed by atoms with E-state index in [-0.39, 0.29) is 12.8 Å². The minimum atomic E-state index is -1.68. The van der Waals surface area contributed by atoms with Gasteiger partial charge in [-0.1, -0.05) is 158 Å². The molecule has 11 heteroatoms. The number of rotatable bonds is 41. The predicted octanol–water partition coefficient (Wildman–Crippen LogP) is 9.11. The molecule has 0 aromatic heterocycles. The van der Waals surface area contributed by atoms with E-state index in [0.29, 0.717) is 19.3 Å². The molecule has 11 nitrogen and oxygen atoms in total. The van der Waals surface area contributed by atoms with Crippen molar-refractivity contribution in [3.63, 3.8) is 0 Å². The van der Waals surface area contributed by atoms with E-state index in [2.05, 4.69) is 79.9 Å². The molecule has 9 unspecified atom stereocenters. The lowest BCUT2D eigenvalue weighted by Crippen LogP contribution is -2.60. The molecule has 9 atom stereocenters. The molecule has 0 aromatic carbocycles. The highest BCUT2D eigenvalue weighted by Crippen LogP contribution is 2.23. The summed E-state index contributed by atoms with van der Waals surface area (Å²) in [5.74, 6) is -0.724. The van der Waals surface area contributed by atoms with Gasteiger partial charge in [-0.05, 0) is 96.3 Å². The van der Waals surface area contributed by atoms with Crippen LogP contribution in [0.2, 0.25) is 0 Å². The van der Waals surface area contributed by atoms with Gasteiger partial charge in [-0.2, -0.15) is 0 Å². The third-order valence-electron chi connectivity index (χ3n) is 11.7. The van der Waals surface area contributed by atoms with E-state index in [9.17, 15) is 40.5 Å². The van der Waals surface area contributed by atoms with Gasteiger partial charge in [0.1, 0.15) is 36.6 Å². The van der Waals surface area contributed by atoms with Gasteiger partial charge in [0.15, 0.2) is 6.29 Å². The SMILES string of the molecule is CCCCC/C=C\C/C=C\CCCCCCCCC(O)C(=O)NC(COC1OC(CO)C(O)C(O)C1O)C(O)C(O)CCC/C=C/CC/C=C/CC/C=C/CCCCCCCCC. The number of ether oxygens (including phenoxy) is 2. The van der Waals surface area contributed by atoms with Crippen LogP contribution in [0.25, 0.3) is 0 Å². The third kappa shape index (κ3) is 30.6. The summed E-state index contributed by atoms with van der Waals surface area (Å²) in [5.41, 5.74) is 0. The van der Waals surface area contributed by atoms with Gasteiger partial charge in [0.25, 0.3) is 0 Å². The zero-order valence-corrected chi connectivity index (χ0v) is 39.5. The number of aliphatic hydroxyl groups is 7. The quantitative estimate of drug-likeness (QED) is 0.0217. The highest BCUT2D eigenvalue weighted by atomic mass is 16.7. The van der Waals surface area contributed by atoms with Crippen LogP contribution in [-0.4, -0.2) is 110 Å². The van der Waals surface area contributed by atoms with E-state index in [4.69, 9.17) is 9.47 Å². The standard InChI is InChI=1S/C52H93NO10/c1-3-5-7-9-11-13-15-17-19-21-22-23-24-26-27-29-31-33-35-37-39-44(55)47(57)43(42-62-52-50(60)49(59)48(58)46(41-54)63-52)53-51(61)45(56)40-38-36-34-32-30-28-25-20-18-16-14-12-10-8-6-4-2/h12,14,18-21,24,26,31,33,43-50,52,54-60H,3-11,13,15-17,22-23,25,27-30,32,34-42H2,1-2H3,(H,53,61)/b14-12-,20-18-,21-19+,26-24+,33-31+. The summed E-state index contributed by atoms with van der Waals surface area (Å²) < 4.78 is 11.1. The number of unbranched alkanes of at least 4 members (excludes halogenated alkanes) is 19. The molecule has 0 aliphatic carbocycles. The Hall–Kier alpha value is -2.19. The molecule has 1 fully saturated rings. The first-order valence-corrected chi connectivity index (χ1v) is 25.2. The van der Waals surface area contributed by atoms with Crippen molar-refractivity contribution >= 4 is 5.91 Å². The molecule has 0 radical (unpaired) electrons. The summed E-state index contributed by atoms with van der Waals surface area (Å²) in [6.07, 6.45) is 39.7. The maximum Gasteiger partial charge on any atom is 0.249 e. The van der Waals surface area contributed by atoms with E-state index in [1.54, 1.807) is 0 Å². The van der Waals surface area contributed by atoms with Crippen LogP contribution in [0.1, 0.15) is 194 Å². The van der Waals surface area contributed by atoms with E-state index in [0.717, 1.165) is 77.0 Å². The summed E-state index contributed by atoms with van der Waals surface area (Å²) in [6, 6.07) is -1.20. The number of hydrogen-bond donors (Lipinski definition) is 8. The molecule has 1 aliphatic rings. The van der Waals surface area contributed by atoms with Gasteiger partial charge in [-0.25, -0.2) is 0 Å². The van der Waals surface area contributed by atoms with Crippen LogP contribution in [0.15, 0.2) is 60.8 Å². The molecule has 1 heterocycles. The molecule has 1 amide bonds. The monoisotopic (exact) mass is 892 g/mol. The Morgan fingerprint density at radius 2 is 1.00 bits per heavy atom. The van der Waals surface area contributed by atoms with Crippen molar-refractivity contribution in [2.75, 3.05) is 13.2 Å². The smallest absolute Gasteiger partial charge is 0.249 e. The van der Waals surface area contributed by atoms with Gasteiger partial charge in [-0.15, -0.1) is 0 Å². The normalized spacial score (nSPS) is 21.7. The summed E-state index contributed by atoms with van der Waals surface area (Å²) in [7, 11) is 0. The molecule has 63 heavy (non-hydrogen) atoms. The highest BCUT2D eigenvalue weighted by molar-refractivity contribution is 5.80. The summed E-state index contributed by atoms with van der Waals surface area (Å²) in [6.45, 7) is 3.38. The Labute approximate surface area is 382 Å². The lowest BCUT2D eigenvalue weighted by atomic mass is 9.98. The number of allylic oxidation sites excluding steroid dienone is 10. The topological polar surface area (TPSA) is 189 Å². The van der Waals surface area contributed by atoms with Crippen LogP contribution in [0, 0.1) is 0 Å². The molecule has 0 bridgehead atoms. The average molecular weight is 892 g/mol. The average Bonchev–Trinajstić information content (AvgIpc) is 3.28. The van der Waals surface area contributed by atoms with Crippen molar-refractivity contribution in [3.8, 4) is 0 Å². The van der Waals surface area contributed by atoms with Gasteiger partial charge < -0.3 is 50.5 Å². The first-order chi connectivity index (χ1) is 30.7. The Bertz CT molecular complexity index is 1210. The molecule has 8 N–H and O–H groups in total. The fourth-order valence-electron chi connectivity index (χ4n) is 7.56. The summed E-state index contributed by atoms with van der Waals surface area (Å²) >= 11 is 0. The first kappa shape index (κ1) is 58.8. The molecule has 366 valence electrons. The molecular formula is C52H93NO10. The first-order valence-electron chi connectivity index (χ1n) is 25.2. The Morgan fingerprint density at radius 3 is 1.54 bits per heavy atom. The van der Waals surface area contributed by atoms with E-state index < -0.39 is 74.2 Å². The predicted molar refractivity (Wildman–Crippen MR) is 256 cm³/mol. The minimum Gasteiger partial charge on any atom is -0.394 e. The largest absolute Gasteiger partial charge is 0.394 e. The molecule has 1 saturated heterocycles. The van der Waals surface area contributed by atoms with Crippen molar-refractivity contribution in [3.05, 3.63) is 60.8 Å². The van der Waals surface area contributed by atoms with Crippen LogP contribution >= 0.6 is 0 Å². The van der Waals surface area contributed by atoms with Gasteiger partial charge in [0, 0.05) is 0 Å². The zero-order chi connectivity index (χ0) is 46.2. The molecule has 1 aliphatic heterocycles. The molecule has 0 saturated carbocycles. The number of carbonyl (C=O) groups is 1. The maximum atomic E-state index is 13.1. The lowest BCUT2D eigenvalue weighted by molar-refractivity contribution is -0.303. The van der Waals surface area contributed by atoms with Crippen LogP contribution in [0.5, 0.6) is 0 Å².